The van der Waals surface area contributed by atoms with Crippen LogP contribution in [0, 0.1) is 56.7 Å². The van der Waals surface area contributed by atoms with Gasteiger partial charge in [-0.2, -0.15) is 0 Å². The van der Waals surface area contributed by atoms with Crippen molar-refractivity contribution in [2.45, 2.75) is 126 Å². The minimum Gasteiger partial charge on any atom is -0.462 e. The molecule has 0 radical (unpaired) electrons. The lowest BCUT2D eigenvalue weighted by Gasteiger charge is -2.71. The number of ether oxygens (including phenoxy) is 1. The highest BCUT2D eigenvalue weighted by molar-refractivity contribution is 5.66. The van der Waals surface area contributed by atoms with Crippen molar-refractivity contribution in [1.82, 2.24) is 0 Å². The lowest BCUT2D eigenvalue weighted by atomic mass is 9.33. The fourth-order valence-electron chi connectivity index (χ4n) is 11.4. The highest BCUT2D eigenvalue weighted by Crippen LogP contribution is 2.75. The SMILES string of the molecule is CC(=O)O[C@@H]1CC[C@]2(C)[C@H]3CC[C@@]4(C)[C@@H]5[C@@H](C)[C@H](C)CC[C@]5(C)CC[C@]4(C)C3=CC[C@H]2C1(C)C. The molecular weight excluding hydrogens is 416 g/mol. The van der Waals surface area contributed by atoms with E-state index in [2.05, 4.69) is 61.5 Å². The van der Waals surface area contributed by atoms with E-state index in [1.54, 1.807) is 6.92 Å². The Labute approximate surface area is 210 Å². The molecule has 10 atom stereocenters. The molecule has 0 spiro atoms. The molecule has 4 fully saturated rings. The molecule has 2 nitrogen and oxygen atoms in total. The molecule has 5 aliphatic carbocycles. The van der Waals surface area contributed by atoms with Gasteiger partial charge in [-0.05, 0) is 109 Å². The van der Waals surface area contributed by atoms with Crippen LogP contribution in [0.15, 0.2) is 11.6 Å². The third-order valence-corrected chi connectivity index (χ3v) is 13.6. The number of carbonyl (C=O) groups excluding carboxylic acids is 1. The molecular formula is C32H52O2. The predicted octanol–water partition coefficient (Wildman–Crippen LogP) is 8.60. The van der Waals surface area contributed by atoms with Crippen LogP contribution in [-0.4, -0.2) is 12.1 Å². The number of allylic oxidation sites excluding steroid dienone is 2. The summed E-state index contributed by atoms with van der Waals surface area (Å²) in [6.07, 6.45) is 14.5. The highest BCUT2D eigenvalue weighted by atomic mass is 16.5. The minimum absolute atomic E-state index is 0.0286. The van der Waals surface area contributed by atoms with Gasteiger partial charge in [0.2, 0.25) is 0 Å². The third-order valence-electron chi connectivity index (χ3n) is 13.6. The molecule has 0 aromatic carbocycles. The maximum absolute atomic E-state index is 11.9. The van der Waals surface area contributed by atoms with Gasteiger partial charge in [0.15, 0.2) is 0 Å². The quantitative estimate of drug-likeness (QED) is 0.284. The van der Waals surface area contributed by atoms with E-state index in [0.717, 1.165) is 30.6 Å². The van der Waals surface area contributed by atoms with Crippen LogP contribution in [0.5, 0.6) is 0 Å². The fourth-order valence-corrected chi connectivity index (χ4v) is 11.4. The first kappa shape index (κ1) is 24.9. The summed E-state index contributed by atoms with van der Waals surface area (Å²) in [7, 11) is 0. The molecule has 5 aliphatic rings. The summed E-state index contributed by atoms with van der Waals surface area (Å²) in [6, 6.07) is 0. The normalized spacial score (nSPS) is 54.0. The second-order valence-electron chi connectivity index (χ2n) is 15.3. The summed E-state index contributed by atoms with van der Waals surface area (Å²) >= 11 is 0. The Balaban J connectivity index is 1.54. The average Bonchev–Trinajstić information content (AvgIpc) is 2.74. The third kappa shape index (κ3) is 3.08. The Kier molecular flexibility index (Phi) is 5.57. The van der Waals surface area contributed by atoms with Gasteiger partial charge >= 0.3 is 5.97 Å². The first-order chi connectivity index (χ1) is 15.7. The summed E-state index contributed by atoms with van der Waals surface area (Å²) in [5.74, 6) is 3.69. The molecule has 0 aromatic rings. The van der Waals surface area contributed by atoms with E-state index in [9.17, 15) is 4.79 Å². The predicted molar refractivity (Wildman–Crippen MR) is 140 cm³/mol. The average molecular weight is 469 g/mol. The Morgan fingerprint density at radius 1 is 0.912 bits per heavy atom. The summed E-state index contributed by atoms with van der Waals surface area (Å²) < 4.78 is 5.89. The van der Waals surface area contributed by atoms with Crippen molar-refractivity contribution in [2.24, 2.45) is 56.7 Å². The number of esters is 1. The lowest BCUT2D eigenvalue weighted by Crippen LogP contribution is -2.64. The van der Waals surface area contributed by atoms with Crippen LogP contribution in [0.2, 0.25) is 0 Å². The first-order valence-electron chi connectivity index (χ1n) is 14.6. The summed E-state index contributed by atoms with van der Waals surface area (Å²) in [6.45, 7) is 22.2. The molecule has 0 heterocycles. The molecule has 2 heteroatoms. The summed E-state index contributed by atoms with van der Waals surface area (Å²) in [5.41, 5.74) is 3.45. The van der Waals surface area contributed by atoms with Gasteiger partial charge in [0.1, 0.15) is 6.10 Å². The van der Waals surface area contributed by atoms with Crippen LogP contribution in [0.25, 0.3) is 0 Å². The molecule has 0 saturated heterocycles. The smallest absolute Gasteiger partial charge is 0.302 e. The van der Waals surface area contributed by atoms with E-state index in [4.69, 9.17) is 4.74 Å². The summed E-state index contributed by atoms with van der Waals surface area (Å²) in [5, 5.41) is 0. The number of hydrogen-bond acceptors (Lipinski definition) is 2. The number of hydrogen-bond donors (Lipinski definition) is 0. The summed E-state index contributed by atoms with van der Waals surface area (Å²) in [4.78, 5) is 11.9. The van der Waals surface area contributed by atoms with Crippen LogP contribution in [0.3, 0.4) is 0 Å². The molecule has 5 rings (SSSR count). The molecule has 192 valence electrons. The van der Waals surface area contributed by atoms with E-state index in [1.807, 2.05) is 5.57 Å². The molecule has 0 unspecified atom stereocenters. The topological polar surface area (TPSA) is 26.3 Å². The van der Waals surface area contributed by atoms with Crippen molar-refractivity contribution < 1.29 is 9.53 Å². The van der Waals surface area contributed by atoms with Gasteiger partial charge in [-0.15, -0.1) is 0 Å². The maximum atomic E-state index is 11.9. The standard InChI is InChI=1S/C32H52O2/c1-20-12-15-29(6)18-19-31(8)24-10-11-25-28(4,5)26(34-22(3)33)14-16-30(25,7)23(24)13-17-32(31,9)27(29)21(20)2/h10,20-21,23,25-27H,11-19H2,1-9H3/t20-,21+,23+,25+,26-,27-,29-,30-,31-,32+/m1/s1. The second-order valence-corrected chi connectivity index (χ2v) is 15.3. The van der Waals surface area contributed by atoms with Crippen LogP contribution >= 0.6 is 0 Å². The zero-order chi connectivity index (χ0) is 24.9. The zero-order valence-corrected chi connectivity index (χ0v) is 23.7. The van der Waals surface area contributed by atoms with Crippen molar-refractivity contribution >= 4 is 5.97 Å². The van der Waals surface area contributed by atoms with Crippen LogP contribution < -0.4 is 0 Å². The Morgan fingerprint density at radius 2 is 1.62 bits per heavy atom. The van der Waals surface area contributed by atoms with Gasteiger partial charge in [0, 0.05) is 12.3 Å². The van der Waals surface area contributed by atoms with Crippen molar-refractivity contribution in [3.8, 4) is 0 Å². The highest BCUT2D eigenvalue weighted by Gasteiger charge is 2.68. The van der Waals surface area contributed by atoms with Gasteiger partial charge in [0.05, 0.1) is 0 Å². The first-order valence-corrected chi connectivity index (χ1v) is 14.6. The zero-order valence-electron chi connectivity index (χ0n) is 23.7. The van der Waals surface area contributed by atoms with Crippen molar-refractivity contribution in [1.29, 1.82) is 0 Å². The maximum Gasteiger partial charge on any atom is 0.302 e. The Bertz CT molecular complexity index is 885. The Morgan fingerprint density at radius 3 is 2.29 bits per heavy atom. The monoisotopic (exact) mass is 468 g/mol. The largest absolute Gasteiger partial charge is 0.462 e. The molecule has 0 aromatic heterocycles. The molecule has 34 heavy (non-hydrogen) atoms. The van der Waals surface area contributed by atoms with E-state index in [0.29, 0.717) is 33.5 Å². The van der Waals surface area contributed by atoms with Crippen molar-refractivity contribution in [3.05, 3.63) is 11.6 Å². The second kappa shape index (κ2) is 7.61. The van der Waals surface area contributed by atoms with Gasteiger partial charge in [-0.3, -0.25) is 4.79 Å². The fraction of sp³-hybridized carbons (Fsp3) is 0.906. The number of carbonyl (C=O) groups is 1. The minimum atomic E-state index is -0.115. The molecule has 4 saturated carbocycles. The van der Waals surface area contributed by atoms with Crippen LogP contribution in [0.1, 0.15) is 120 Å². The molecule has 0 N–H and O–H groups in total. The van der Waals surface area contributed by atoms with Gasteiger partial charge in [-0.1, -0.05) is 67.0 Å². The van der Waals surface area contributed by atoms with Gasteiger partial charge < -0.3 is 4.74 Å². The van der Waals surface area contributed by atoms with E-state index in [1.165, 1.54) is 44.9 Å². The van der Waals surface area contributed by atoms with Crippen LogP contribution in [-0.2, 0) is 9.53 Å². The Hall–Kier alpha value is -0.790. The van der Waals surface area contributed by atoms with E-state index >= 15 is 0 Å². The van der Waals surface area contributed by atoms with Gasteiger partial charge in [-0.25, -0.2) is 0 Å². The molecule has 0 bridgehead atoms. The van der Waals surface area contributed by atoms with Crippen LogP contribution in [0.4, 0.5) is 0 Å². The number of fused-ring (bicyclic) bond motifs is 7. The lowest BCUT2D eigenvalue weighted by molar-refractivity contribution is -0.193. The van der Waals surface area contributed by atoms with E-state index < -0.39 is 0 Å². The van der Waals surface area contributed by atoms with E-state index in [-0.39, 0.29) is 17.5 Å². The van der Waals surface area contributed by atoms with Crippen molar-refractivity contribution in [3.63, 3.8) is 0 Å². The van der Waals surface area contributed by atoms with Gasteiger partial charge in [0.25, 0.3) is 0 Å². The molecule has 0 aliphatic heterocycles. The molecule has 0 amide bonds. The number of rotatable bonds is 1. The van der Waals surface area contributed by atoms with Crippen molar-refractivity contribution in [2.75, 3.05) is 0 Å².